The summed E-state index contributed by atoms with van der Waals surface area (Å²) < 4.78 is 0. The summed E-state index contributed by atoms with van der Waals surface area (Å²) >= 11 is 1.44. The summed E-state index contributed by atoms with van der Waals surface area (Å²) in [5, 5.41) is 9.83. The number of hydrogen-bond donors (Lipinski definition) is 2. The fourth-order valence-electron chi connectivity index (χ4n) is 1.24. The van der Waals surface area contributed by atoms with Crippen molar-refractivity contribution in [2.24, 2.45) is 0 Å². The van der Waals surface area contributed by atoms with Crippen LogP contribution in [0.5, 0.6) is 0 Å². The van der Waals surface area contributed by atoms with Crippen LogP contribution >= 0.6 is 11.8 Å². The number of hydrogen-bond acceptors (Lipinski definition) is 4. The van der Waals surface area contributed by atoms with Crippen LogP contribution in [0.15, 0.2) is 35.6 Å². The van der Waals surface area contributed by atoms with E-state index in [9.17, 15) is 4.79 Å². The Balaban J connectivity index is 2.21. The minimum Gasteiger partial charge on any atom is -0.307 e. The second kappa shape index (κ2) is 4.80. The lowest BCUT2D eigenvalue weighted by atomic mass is 10.2. The first-order valence-corrected chi connectivity index (χ1v) is 5.83. The number of aromatic amines is 1. The molecule has 0 aliphatic heterocycles. The van der Waals surface area contributed by atoms with Crippen LogP contribution in [-0.4, -0.2) is 27.3 Å². The molecule has 0 aliphatic carbocycles. The molecule has 0 atom stereocenters. The predicted octanol–water partition coefficient (Wildman–Crippen LogP) is 1.78. The van der Waals surface area contributed by atoms with E-state index in [1.165, 1.54) is 11.8 Å². The number of pyridine rings is 1. The molecule has 0 aliphatic rings. The Hall–Kier alpha value is -1.82. The minimum atomic E-state index is -0.193. The summed E-state index contributed by atoms with van der Waals surface area (Å²) in [6, 6.07) is 5.17. The molecule has 0 saturated heterocycles. The number of nitrogens with zero attached hydrogens (tertiary/aromatic N) is 2. The van der Waals surface area contributed by atoms with Crippen molar-refractivity contribution < 1.29 is 4.79 Å². The highest BCUT2D eigenvalue weighted by atomic mass is 32.2. The van der Waals surface area contributed by atoms with E-state index in [4.69, 9.17) is 0 Å². The van der Waals surface area contributed by atoms with Crippen molar-refractivity contribution in [3.05, 3.63) is 36.2 Å². The number of aromatic nitrogens is 3. The van der Waals surface area contributed by atoms with Crippen LogP contribution in [0.2, 0.25) is 0 Å². The number of rotatable bonds is 3. The highest BCUT2D eigenvalue weighted by Crippen LogP contribution is 2.17. The van der Waals surface area contributed by atoms with Crippen molar-refractivity contribution >= 4 is 23.5 Å². The average Bonchev–Trinajstić information content (AvgIpc) is 2.81. The molecule has 6 heteroatoms. The number of carbonyl (C=O) groups excluding carboxylic acids is 1. The monoisotopic (exact) mass is 234 g/mol. The number of nitrogens with one attached hydrogen (secondary N) is 2. The van der Waals surface area contributed by atoms with E-state index >= 15 is 0 Å². The van der Waals surface area contributed by atoms with Gasteiger partial charge in [-0.2, -0.15) is 5.10 Å². The highest BCUT2D eigenvalue weighted by Gasteiger charge is 2.11. The third-order valence-corrected chi connectivity index (χ3v) is 2.67. The third-order valence-electron chi connectivity index (χ3n) is 1.96. The zero-order valence-electron chi connectivity index (χ0n) is 8.60. The fourth-order valence-corrected chi connectivity index (χ4v) is 1.79. The van der Waals surface area contributed by atoms with Gasteiger partial charge in [0.15, 0.2) is 0 Å². The minimum absolute atomic E-state index is 0.193. The number of H-pyrrole nitrogens is 1. The van der Waals surface area contributed by atoms with Gasteiger partial charge in [-0.1, -0.05) is 0 Å². The van der Waals surface area contributed by atoms with E-state index in [0.717, 1.165) is 0 Å². The van der Waals surface area contributed by atoms with Gasteiger partial charge in [-0.25, -0.2) is 4.98 Å². The fraction of sp³-hybridized carbons (Fsp3) is 0.100. The Labute approximate surface area is 96.7 Å². The number of carbonyl (C=O) groups is 1. The summed E-state index contributed by atoms with van der Waals surface area (Å²) in [7, 11) is 0. The van der Waals surface area contributed by atoms with Crippen LogP contribution < -0.4 is 5.32 Å². The van der Waals surface area contributed by atoms with Gasteiger partial charge in [0.2, 0.25) is 0 Å². The Morgan fingerprint density at radius 3 is 3.00 bits per heavy atom. The molecule has 82 valence electrons. The van der Waals surface area contributed by atoms with E-state index in [2.05, 4.69) is 20.5 Å². The van der Waals surface area contributed by atoms with E-state index in [-0.39, 0.29) is 5.91 Å². The lowest BCUT2D eigenvalue weighted by Crippen LogP contribution is -2.13. The Morgan fingerprint density at radius 1 is 1.44 bits per heavy atom. The molecule has 0 bridgehead atoms. The maximum Gasteiger partial charge on any atom is 0.259 e. The maximum absolute atomic E-state index is 11.9. The molecule has 1 amide bonds. The van der Waals surface area contributed by atoms with Crippen molar-refractivity contribution in [1.82, 2.24) is 15.2 Å². The van der Waals surface area contributed by atoms with Gasteiger partial charge in [0.25, 0.3) is 5.91 Å². The molecule has 0 fully saturated rings. The first-order chi connectivity index (χ1) is 7.81. The summed E-state index contributed by atoms with van der Waals surface area (Å²) in [4.78, 5) is 16.0. The van der Waals surface area contributed by atoms with Crippen molar-refractivity contribution in [3.63, 3.8) is 0 Å². The molecule has 2 rings (SSSR count). The molecular weight excluding hydrogens is 224 g/mol. The van der Waals surface area contributed by atoms with Gasteiger partial charge in [-0.3, -0.25) is 9.89 Å². The Kier molecular flexibility index (Phi) is 3.21. The van der Waals surface area contributed by atoms with Crippen molar-refractivity contribution in [2.45, 2.75) is 5.03 Å². The number of thioether (sulfide) groups is 1. The second-order valence-electron chi connectivity index (χ2n) is 2.98. The average molecular weight is 234 g/mol. The van der Waals surface area contributed by atoms with Gasteiger partial charge in [-0.05, 0) is 18.4 Å². The third kappa shape index (κ3) is 2.22. The van der Waals surface area contributed by atoms with Crippen LogP contribution in [0.4, 0.5) is 5.82 Å². The molecule has 2 aromatic rings. The largest absolute Gasteiger partial charge is 0.307 e. The summed E-state index contributed by atoms with van der Waals surface area (Å²) in [6.45, 7) is 0. The molecule has 2 N–H and O–H groups in total. The second-order valence-corrected chi connectivity index (χ2v) is 3.78. The zero-order chi connectivity index (χ0) is 11.4. The van der Waals surface area contributed by atoms with Crippen LogP contribution in [0.3, 0.4) is 0 Å². The molecule has 2 heterocycles. The van der Waals surface area contributed by atoms with Crippen LogP contribution in [0, 0.1) is 0 Å². The first kappa shape index (κ1) is 10.7. The standard InChI is InChI=1S/C10H10N4OS/c1-16-10-7(3-2-5-11-10)9(15)13-8-4-6-12-14-8/h2-6H,1H3,(H2,12,13,14,15). The molecule has 0 unspecified atom stereocenters. The Morgan fingerprint density at radius 2 is 2.31 bits per heavy atom. The van der Waals surface area contributed by atoms with Gasteiger partial charge in [0.05, 0.1) is 11.8 Å². The molecule has 16 heavy (non-hydrogen) atoms. The van der Waals surface area contributed by atoms with E-state index in [1.54, 1.807) is 30.6 Å². The highest BCUT2D eigenvalue weighted by molar-refractivity contribution is 7.98. The van der Waals surface area contributed by atoms with Gasteiger partial charge in [0.1, 0.15) is 10.8 Å². The van der Waals surface area contributed by atoms with Crippen LogP contribution in [0.25, 0.3) is 0 Å². The topological polar surface area (TPSA) is 70.7 Å². The number of amides is 1. The molecule has 0 spiro atoms. The van der Waals surface area contributed by atoms with E-state index < -0.39 is 0 Å². The normalized spacial score (nSPS) is 10.1. The smallest absolute Gasteiger partial charge is 0.259 e. The molecule has 0 radical (unpaired) electrons. The predicted molar refractivity (Wildman–Crippen MR) is 62.6 cm³/mol. The van der Waals surface area contributed by atoms with Gasteiger partial charge >= 0.3 is 0 Å². The molecular formula is C10H10N4OS. The lowest BCUT2D eigenvalue weighted by molar-refractivity contribution is 0.102. The van der Waals surface area contributed by atoms with Crippen LogP contribution in [-0.2, 0) is 0 Å². The molecule has 5 nitrogen and oxygen atoms in total. The van der Waals surface area contributed by atoms with Crippen molar-refractivity contribution in [2.75, 3.05) is 11.6 Å². The molecule has 0 aromatic carbocycles. The van der Waals surface area contributed by atoms with Crippen molar-refractivity contribution in [1.29, 1.82) is 0 Å². The first-order valence-electron chi connectivity index (χ1n) is 4.61. The van der Waals surface area contributed by atoms with Gasteiger partial charge in [-0.15, -0.1) is 11.8 Å². The summed E-state index contributed by atoms with van der Waals surface area (Å²) in [6.07, 6.45) is 5.13. The molecule has 2 aromatic heterocycles. The summed E-state index contributed by atoms with van der Waals surface area (Å²) in [5.41, 5.74) is 0.560. The zero-order valence-corrected chi connectivity index (χ0v) is 9.41. The van der Waals surface area contributed by atoms with E-state index in [1.807, 2.05) is 6.26 Å². The van der Waals surface area contributed by atoms with Crippen molar-refractivity contribution in [3.8, 4) is 0 Å². The van der Waals surface area contributed by atoms with Gasteiger partial charge < -0.3 is 5.32 Å². The van der Waals surface area contributed by atoms with Gasteiger partial charge in [0, 0.05) is 12.3 Å². The lowest BCUT2D eigenvalue weighted by Gasteiger charge is -2.05. The number of anilines is 1. The van der Waals surface area contributed by atoms with Crippen LogP contribution in [0.1, 0.15) is 10.4 Å². The Bertz CT molecular complexity index is 483. The SMILES string of the molecule is CSc1ncccc1C(=O)Nc1ccn[nH]1. The summed E-state index contributed by atoms with van der Waals surface area (Å²) in [5.74, 6) is 0.377. The van der Waals surface area contributed by atoms with E-state index in [0.29, 0.717) is 16.4 Å². The quantitative estimate of drug-likeness (QED) is 0.794. The maximum atomic E-state index is 11.9. The molecule has 0 saturated carbocycles.